The fraction of sp³-hybridized carbons (Fsp3) is 0.0833. The van der Waals surface area contributed by atoms with Crippen LogP contribution >= 0.6 is 11.8 Å². The molecule has 4 rings (SSSR count). The zero-order chi connectivity index (χ0) is 19.3. The predicted octanol–water partition coefficient (Wildman–Crippen LogP) is 6.02. The summed E-state index contributed by atoms with van der Waals surface area (Å²) in [5.41, 5.74) is 3.85. The minimum absolute atomic E-state index is 0.0386. The molecule has 3 nitrogen and oxygen atoms in total. The number of hydrogen-bond donors (Lipinski definition) is 1. The van der Waals surface area contributed by atoms with Crippen molar-refractivity contribution in [3.05, 3.63) is 91.0 Å². The Kier molecular flexibility index (Phi) is 5.40. The number of carbonyl (C=O) groups is 1. The van der Waals surface area contributed by atoms with Gasteiger partial charge < -0.3 is 5.32 Å². The highest BCUT2D eigenvalue weighted by molar-refractivity contribution is 8.00. The quantitative estimate of drug-likeness (QED) is 0.428. The van der Waals surface area contributed by atoms with Crippen molar-refractivity contribution in [1.82, 2.24) is 4.98 Å². The Morgan fingerprint density at radius 1 is 0.857 bits per heavy atom. The summed E-state index contributed by atoms with van der Waals surface area (Å²) < 4.78 is 0. The molecule has 138 valence electrons. The van der Waals surface area contributed by atoms with Gasteiger partial charge in [-0.05, 0) is 30.7 Å². The molecule has 0 saturated heterocycles. The molecule has 28 heavy (non-hydrogen) atoms. The van der Waals surface area contributed by atoms with E-state index in [1.165, 1.54) is 11.8 Å². The van der Waals surface area contributed by atoms with E-state index < -0.39 is 0 Å². The van der Waals surface area contributed by atoms with E-state index in [4.69, 9.17) is 0 Å². The summed E-state index contributed by atoms with van der Waals surface area (Å²) in [4.78, 5) is 17.5. The topological polar surface area (TPSA) is 42.0 Å². The van der Waals surface area contributed by atoms with E-state index in [0.29, 0.717) is 0 Å². The van der Waals surface area contributed by atoms with Crippen LogP contribution in [0, 0.1) is 0 Å². The van der Waals surface area contributed by atoms with E-state index in [2.05, 4.69) is 10.3 Å². The molecule has 0 aliphatic rings. The Morgan fingerprint density at radius 2 is 1.57 bits per heavy atom. The van der Waals surface area contributed by atoms with Crippen LogP contribution in [0.5, 0.6) is 0 Å². The molecule has 4 aromatic rings. The third-order valence-electron chi connectivity index (χ3n) is 4.51. The van der Waals surface area contributed by atoms with Crippen molar-refractivity contribution in [1.29, 1.82) is 0 Å². The smallest absolute Gasteiger partial charge is 0.237 e. The minimum Gasteiger partial charge on any atom is -0.325 e. The zero-order valence-electron chi connectivity index (χ0n) is 15.5. The van der Waals surface area contributed by atoms with Crippen molar-refractivity contribution in [2.45, 2.75) is 17.2 Å². The highest BCUT2D eigenvalue weighted by atomic mass is 32.2. The van der Waals surface area contributed by atoms with Crippen LogP contribution in [0.4, 0.5) is 5.69 Å². The Balaban J connectivity index is 1.50. The largest absolute Gasteiger partial charge is 0.325 e. The van der Waals surface area contributed by atoms with E-state index in [1.54, 1.807) is 0 Å². The molecule has 1 unspecified atom stereocenters. The molecule has 1 N–H and O–H groups in total. The first-order chi connectivity index (χ1) is 13.7. The molecule has 0 fully saturated rings. The fourth-order valence-corrected chi connectivity index (χ4v) is 3.87. The molecule has 4 heteroatoms. The number of pyridine rings is 1. The summed E-state index contributed by atoms with van der Waals surface area (Å²) >= 11 is 1.46. The second kappa shape index (κ2) is 8.28. The van der Waals surface area contributed by atoms with Crippen molar-refractivity contribution in [2.75, 3.05) is 5.32 Å². The van der Waals surface area contributed by atoms with Gasteiger partial charge in [0.05, 0.1) is 15.8 Å². The van der Waals surface area contributed by atoms with Gasteiger partial charge in [-0.1, -0.05) is 84.6 Å². The van der Waals surface area contributed by atoms with Crippen LogP contribution in [-0.4, -0.2) is 16.1 Å². The molecule has 0 bridgehead atoms. The molecular weight excluding hydrogens is 364 g/mol. The summed E-state index contributed by atoms with van der Waals surface area (Å²) in [5, 5.41) is 4.76. The van der Waals surface area contributed by atoms with Crippen molar-refractivity contribution < 1.29 is 4.79 Å². The van der Waals surface area contributed by atoms with Gasteiger partial charge in [0.1, 0.15) is 0 Å². The number of hydrogen-bond acceptors (Lipinski definition) is 3. The Labute approximate surface area is 168 Å². The van der Waals surface area contributed by atoms with Crippen LogP contribution in [-0.2, 0) is 4.79 Å². The van der Waals surface area contributed by atoms with Crippen LogP contribution in [0.2, 0.25) is 0 Å². The molecule has 1 heterocycles. The number of carbonyl (C=O) groups excluding carboxylic acids is 1. The van der Waals surface area contributed by atoms with Crippen molar-refractivity contribution >= 4 is 34.3 Å². The number of nitrogens with one attached hydrogen (secondary N) is 1. The molecule has 0 spiro atoms. The van der Waals surface area contributed by atoms with Crippen LogP contribution in [0.3, 0.4) is 0 Å². The van der Waals surface area contributed by atoms with Gasteiger partial charge >= 0.3 is 0 Å². The van der Waals surface area contributed by atoms with E-state index >= 15 is 0 Å². The number of fused-ring (bicyclic) bond motifs is 1. The lowest BCUT2D eigenvalue weighted by molar-refractivity contribution is -0.115. The number of thioether (sulfide) groups is 1. The van der Waals surface area contributed by atoms with Crippen LogP contribution in [0.25, 0.3) is 22.0 Å². The SMILES string of the molecule is CC(Sc1ccc2ccccc2n1)C(=O)Nc1ccccc1-c1ccccc1. The molecule has 1 atom stereocenters. The Hall–Kier alpha value is -3.11. The second-order valence-corrected chi connectivity index (χ2v) is 7.86. The molecule has 0 saturated carbocycles. The molecule has 1 aromatic heterocycles. The minimum atomic E-state index is -0.266. The molecule has 0 aliphatic carbocycles. The summed E-state index contributed by atoms with van der Waals surface area (Å²) in [6.07, 6.45) is 0. The van der Waals surface area contributed by atoms with E-state index in [9.17, 15) is 4.79 Å². The first kappa shape index (κ1) is 18.3. The van der Waals surface area contributed by atoms with E-state index in [-0.39, 0.29) is 11.2 Å². The maximum Gasteiger partial charge on any atom is 0.237 e. The van der Waals surface area contributed by atoms with Crippen LogP contribution < -0.4 is 5.32 Å². The van der Waals surface area contributed by atoms with Crippen LogP contribution in [0.1, 0.15) is 6.92 Å². The number of nitrogens with zero attached hydrogens (tertiary/aromatic N) is 1. The maximum atomic E-state index is 12.8. The van der Waals surface area contributed by atoms with E-state index in [0.717, 1.165) is 32.7 Å². The Bertz CT molecular complexity index is 1110. The third kappa shape index (κ3) is 4.07. The van der Waals surface area contributed by atoms with Gasteiger partial charge in [0.15, 0.2) is 0 Å². The highest BCUT2D eigenvalue weighted by Crippen LogP contribution is 2.29. The van der Waals surface area contributed by atoms with Gasteiger partial charge in [-0.25, -0.2) is 4.98 Å². The number of aromatic nitrogens is 1. The molecular formula is C24H20N2OS. The lowest BCUT2D eigenvalue weighted by Crippen LogP contribution is -2.22. The van der Waals surface area contributed by atoms with Gasteiger partial charge in [0, 0.05) is 16.6 Å². The fourth-order valence-electron chi connectivity index (χ4n) is 3.04. The number of benzene rings is 3. The van der Waals surface area contributed by atoms with Crippen LogP contribution in [0.15, 0.2) is 96.0 Å². The third-order valence-corrected chi connectivity index (χ3v) is 5.55. The molecule has 0 radical (unpaired) electrons. The lowest BCUT2D eigenvalue weighted by Gasteiger charge is -2.15. The number of amides is 1. The van der Waals surface area contributed by atoms with Crippen molar-refractivity contribution in [2.24, 2.45) is 0 Å². The number of anilines is 1. The summed E-state index contributed by atoms with van der Waals surface area (Å²) in [5.74, 6) is -0.0386. The standard InChI is InChI=1S/C24H20N2OS/c1-17(28-23-16-15-19-11-5-7-13-21(19)25-23)24(27)26-22-14-8-6-12-20(22)18-9-3-2-4-10-18/h2-17H,1H3,(H,26,27). The number of rotatable bonds is 5. The predicted molar refractivity (Wildman–Crippen MR) is 118 cm³/mol. The van der Waals surface area contributed by atoms with E-state index in [1.807, 2.05) is 97.9 Å². The first-order valence-corrected chi connectivity index (χ1v) is 10.1. The van der Waals surface area contributed by atoms with Gasteiger partial charge in [-0.15, -0.1) is 0 Å². The summed E-state index contributed by atoms with van der Waals surface area (Å²) in [6, 6.07) is 29.9. The molecule has 0 aliphatic heterocycles. The van der Waals surface area contributed by atoms with Gasteiger partial charge in [0.2, 0.25) is 5.91 Å². The van der Waals surface area contributed by atoms with Crippen molar-refractivity contribution in [3.8, 4) is 11.1 Å². The molecule has 1 amide bonds. The van der Waals surface area contributed by atoms with Gasteiger partial charge in [-0.2, -0.15) is 0 Å². The Morgan fingerprint density at radius 3 is 2.43 bits per heavy atom. The molecule has 3 aromatic carbocycles. The average Bonchev–Trinajstić information content (AvgIpc) is 2.74. The van der Waals surface area contributed by atoms with Gasteiger partial charge in [0.25, 0.3) is 0 Å². The monoisotopic (exact) mass is 384 g/mol. The van der Waals surface area contributed by atoms with Gasteiger partial charge in [-0.3, -0.25) is 4.79 Å². The normalized spacial score (nSPS) is 11.9. The average molecular weight is 385 g/mol. The summed E-state index contributed by atoms with van der Waals surface area (Å²) in [6.45, 7) is 1.90. The lowest BCUT2D eigenvalue weighted by atomic mass is 10.0. The number of para-hydroxylation sites is 2. The first-order valence-electron chi connectivity index (χ1n) is 9.18. The second-order valence-electron chi connectivity index (χ2n) is 6.50. The summed E-state index contributed by atoms with van der Waals surface area (Å²) in [7, 11) is 0. The zero-order valence-corrected chi connectivity index (χ0v) is 16.3. The highest BCUT2D eigenvalue weighted by Gasteiger charge is 2.17. The van der Waals surface area contributed by atoms with Crippen molar-refractivity contribution in [3.63, 3.8) is 0 Å². The maximum absolute atomic E-state index is 12.8.